The number of aryl methyl sites for hydroxylation is 1. The second kappa shape index (κ2) is 8.91. The van der Waals surface area contributed by atoms with E-state index in [1.54, 1.807) is 55.8 Å². The molecule has 6 nitrogen and oxygen atoms in total. The van der Waals surface area contributed by atoms with E-state index >= 15 is 0 Å². The van der Waals surface area contributed by atoms with E-state index in [4.69, 9.17) is 4.74 Å². The maximum absolute atomic E-state index is 13.6. The standard InChI is InChI=1S/C22H18FN3O3S2/c1-13-11-14(23)3-8-18(13)26-21(28)20-17(9-10-30-20)25-22(26)31-12-19(27)24-15-4-6-16(29-2)7-5-15/h3-11H,12H2,1-2H3,(H,24,27). The molecule has 0 fully saturated rings. The van der Waals surface area contributed by atoms with Gasteiger partial charge < -0.3 is 10.1 Å². The van der Waals surface area contributed by atoms with Crippen LogP contribution in [0.15, 0.2) is 63.9 Å². The molecule has 4 rings (SSSR count). The molecule has 0 aliphatic carbocycles. The lowest BCUT2D eigenvalue weighted by Gasteiger charge is -2.14. The molecule has 0 unspecified atom stereocenters. The third-order valence-electron chi connectivity index (χ3n) is 4.56. The Hall–Kier alpha value is -3.17. The van der Waals surface area contributed by atoms with E-state index in [2.05, 4.69) is 10.3 Å². The Morgan fingerprint density at radius 3 is 2.71 bits per heavy atom. The predicted molar refractivity (Wildman–Crippen MR) is 122 cm³/mol. The molecule has 4 aromatic rings. The molecule has 0 aliphatic heterocycles. The number of ether oxygens (including phenoxy) is 1. The van der Waals surface area contributed by atoms with Gasteiger partial charge in [0.05, 0.1) is 24.1 Å². The third-order valence-corrected chi connectivity index (χ3v) is 6.39. The number of nitrogens with zero attached hydrogens (tertiary/aromatic N) is 2. The molecule has 1 N–H and O–H groups in total. The zero-order valence-electron chi connectivity index (χ0n) is 16.7. The van der Waals surface area contributed by atoms with Crippen molar-refractivity contribution in [3.05, 3.63) is 75.6 Å². The van der Waals surface area contributed by atoms with E-state index in [0.29, 0.717) is 38.1 Å². The number of rotatable bonds is 6. The number of anilines is 1. The number of amides is 1. The van der Waals surface area contributed by atoms with Crippen molar-refractivity contribution in [2.24, 2.45) is 0 Å². The molecule has 2 aromatic heterocycles. The Morgan fingerprint density at radius 1 is 1.23 bits per heavy atom. The van der Waals surface area contributed by atoms with Crippen LogP contribution in [0.25, 0.3) is 15.9 Å². The number of aromatic nitrogens is 2. The first-order valence-electron chi connectivity index (χ1n) is 9.30. The zero-order valence-corrected chi connectivity index (χ0v) is 18.3. The highest BCUT2D eigenvalue weighted by Crippen LogP contribution is 2.25. The van der Waals surface area contributed by atoms with Crippen molar-refractivity contribution in [1.82, 2.24) is 9.55 Å². The summed E-state index contributed by atoms with van der Waals surface area (Å²) in [4.78, 5) is 30.2. The van der Waals surface area contributed by atoms with E-state index in [1.807, 2.05) is 0 Å². The van der Waals surface area contributed by atoms with Crippen molar-refractivity contribution in [1.29, 1.82) is 0 Å². The molecule has 0 spiro atoms. The molecule has 0 saturated heterocycles. The van der Waals surface area contributed by atoms with Gasteiger partial charge in [0.25, 0.3) is 5.56 Å². The number of benzene rings is 2. The fourth-order valence-electron chi connectivity index (χ4n) is 3.07. The molecule has 0 saturated carbocycles. The first-order chi connectivity index (χ1) is 15.0. The molecule has 1 amide bonds. The predicted octanol–water partition coefficient (Wildman–Crippen LogP) is 4.63. The highest BCUT2D eigenvalue weighted by Gasteiger charge is 2.17. The maximum Gasteiger partial charge on any atom is 0.276 e. The number of thioether (sulfide) groups is 1. The van der Waals surface area contributed by atoms with Crippen LogP contribution in [0.4, 0.5) is 10.1 Å². The highest BCUT2D eigenvalue weighted by atomic mass is 32.2. The van der Waals surface area contributed by atoms with Crippen molar-refractivity contribution in [3.8, 4) is 11.4 Å². The topological polar surface area (TPSA) is 73.2 Å². The van der Waals surface area contributed by atoms with E-state index in [1.165, 1.54) is 28.0 Å². The van der Waals surface area contributed by atoms with E-state index < -0.39 is 0 Å². The van der Waals surface area contributed by atoms with Gasteiger partial charge in [0, 0.05) is 5.69 Å². The molecular weight excluding hydrogens is 437 g/mol. The number of fused-ring (bicyclic) bond motifs is 1. The van der Waals surface area contributed by atoms with Crippen LogP contribution in [0, 0.1) is 12.7 Å². The quantitative estimate of drug-likeness (QED) is 0.339. The third kappa shape index (κ3) is 4.47. The van der Waals surface area contributed by atoms with E-state index in [-0.39, 0.29) is 23.0 Å². The molecule has 9 heteroatoms. The second-order valence-electron chi connectivity index (χ2n) is 6.67. The summed E-state index contributed by atoms with van der Waals surface area (Å²) in [5.41, 5.74) is 2.10. The molecule has 158 valence electrons. The van der Waals surface area contributed by atoms with Gasteiger partial charge in [0.1, 0.15) is 16.3 Å². The number of halogens is 1. The van der Waals surface area contributed by atoms with Crippen molar-refractivity contribution >= 4 is 44.9 Å². The minimum atomic E-state index is -0.382. The van der Waals surface area contributed by atoms with Crippen molar-refractivity contribution in [3.63, 3.8) is 0 Å². The van der Waals surface area contributed by atoms with E-state index in [0.717, 1.165) is 11.8 Å². The van der Waals surface area contributed by atoms with Gasteiger partial charge in [0.15, 0.2) is 5.16 Å². The largest absolute Gasteiger partial charge is 0.497 e. The minimum Gasteiger partial charge on any atom is -0.497 e. The fraction of sp³-hybridized carbons (Fsp3) is 0.136. The Labute approximate surface area is 185 Å². The van der Waals surface area contributed by atoms with Crippen LogP contribution in [-0.4, -0.2) is 28.3 Å². The lowest BCUT2D eigenvalue weighted by Crippen LogP contribution is -2.23. The number of carbonyl (C=O) groups is 1. The normalized spacial score (nSPS) is 10.9. The zero-order chi connectivity index (χ0) is 22.0. The van der Waals surface area contributed by atoms with Crippen LogP contribution in [0.1, 0.15) is 5.56 Å². The van der Waals surface area contributed by atoms with Gasteiger partial charge >= 0.3 is 0 Å². The molecule has 0 radical (unpaired) electrons. The van der Waals surface area contributed by atoms with Crippen molar-refractivity contribution in [2.45, 2.75) is 12.1 Å². The molecule has 0 bridgehead atoms. The number of thiophene rings is 1. The number of carbonyl (C=O) groups excluding carboxylic acids is 1. The van der Waals surface area contributed by atoms with Crippen LogP contribution in [0.5, 0.6) is 5.75 Å². The highest BCUT2D eigenvalue weighted by molar-refractivity contribution is 7.99. The average molecular weight is 456 g/mol. The lowest BCUT2D eigenvalue weighted by atomic mass is 10.2. The number of hydrogen-bond donors (Lipinski definition) is 1. The van der Waals surface area contributed by atoms with Crippen LogP contribution in [-0.2, 0) is 4.79 Å². The molecular formula is C22H18FN3O3S2. The van der Waals surface area contributed by atoms with Crippen LogP contribution < -0.4 is 15.6 Å². The van der Waals surface area contributed by atoms with E-state index in [9.17, 15) is 14.0 Å². The monoisotopic (exact) mass is 455 g/mol. The SMILES string of the molecule is COc1ccc(NC(=O)CSc2nc3ccsc3c(=O)n2-c2ccc(F)cc2C)cc1. The van der Waals surface area contributed by atoms with Crippen LogP contribution >= 0.6 is 23.1 Å². The summed E-state index contributed by atoms with van der Waals surface area (Å²) >= 11 is 2.45. The van der Waals surface area contributed by atoms with Gasteiger partial charge in [-0.15, -0.1) is 11.3 Å². The Morgan fingerprint density at radius 2 is 2.00 bits per heavy atom. The van der Waals surface area contributed by atoms with Gasteiger partial charge in [-0.3, -0.25) is 14.2 Å². The van der Waals surface area contributed by atoms with Gasteiger partial charge in [-0.05, 0) is 66.4 Å². The van der Waals surface area contributed by atoms with Crippen LogP contribution in [0.2, 0.25) is 0 Å². The summed E-state index contributed by atoms with van der Waals surface area (Å²) in [5, 5.41) is 4.98. The summed E-state index contributed by atoms with van der Waals surface area (Å²) < 4.78 is 20.7. The van der Waals surface area contributed by atoms with Crippen molar-refractivity contribution in [2.75, 3.05) is 18.2 Å². The Balaban J connectivity index is 1.63. The van der Waals surface area contributed by atoms with Gasteiger partial charge in [-0.1, -0.05) is 11.8 Å². The molecule has 2 heterocycles. The number of nitrogens with one attached hydrogen (secondary N) is 1. The average Bonchev–Trinajstić information content (AvgIpc) is 3.23. The first kappa shape index (κ1) is 21.1. The van der Waals surface area contributed by atoms with Gasteiger partial charge in [0.2, 0.25) is 5.91 Å². The fourth-order valence-corrected chi connectivity index (χ4v) is 4.64. The Bertz CT molecular complexity index is 1320. The minimum absolute atomic E-state index is 0.0500. The smallest absolute Gasteiger partial charge is 0.276 e. The lowest BCUT2D eigenvalue weighted by molar-refractivity contribution is -0.113. The summed E-state index contributed by atoms with van der Waals surface area (Å²) in [6.07, 6.45) is 0. The van der Waals surface area contributed by atoms with Gasteiger partial charge in [-0.2, -0.15) is 0 Å². The van der Waals surface area contributed by atoms with Crippen molar-refractivity contribution < 1.29 is 13.9 Å². The molecule has 0 aliphatic rings. The molecule has 0 atom stereocenters. The van der Waals surface area contributed by atoms with Crippen LogP contribution in [0.3, 0.4) is 0 Å². The summed E-state index contributed by atoms with van der Waals surface area (Å²) in [6.45, 7) is 1.73. The molecule has 31 heavy (non-hydrogen) atoms. The number of hydrogen-bond acceptors (Lipinski definition) is 6. The summed E-state index contributed by atoms with van der Waals surface area (Å²) in [7, 11) is 1.57. The van der Waals surface area contributed by atoms with Gasteiger partial charge in [-0.25, -0.2) is 9.37 Å². The summed E-state index contributed by atoms with van der Waals surface area (Å²) in [6, 6.07) is 13.0. The first-order valence-corrected chi connectivity index (χ1v) is 11.2. The maximum atomic E-state index is 13.6. The Kier molecular flexibility index (Phi) is 6.06. The summed E-state index contributed by atoms with van der Waals surface area (Å²) in [5.74, 6) is 0.123. The number of methoxy groups -OCH3 is 1. The second-order valence-corrected chi connectivity index (χ2v) is 8.52. The molecule has 2 aromatic carbocycles.